The first-order valence-electron chi connectivity index (χ1n) is 7.72. The lowest BCUT2D eigenvalue weighted by Crippen LogP contribution is -2.26. The van der Waals surface area contributed by atoms with Crippen molar-refractivity contribution in [3.8, 4) is 0 Å². The van der Waals surface area contributed by atoms with Crippen molar-refractivity contribution in [1.29, 1.82) is 0 Å². The van der Waals surface area contributed by atoms with Crippen LogP contribution in [0.3, 0.4) is 0 Å². The molecule has 0 atom stereocenters. The third kappa shape index (κ3) is 4.96. The van der Waals surface area contributed by atoms with Crippen LogP contribution in [0.2, 0.25) is 0 Å². The van der Waals surface area contributed by atoms with Crippen LogP contribution in [-0.2, 0) is 0 Å². The zero-order chi connectivity index (χ0) is 14.2. The van der Waals surface area contributed by atoms with Crippen molar-refractivity contribution in [1.82, 2.24) is 14.9 Å². The van der Waals surface area contributed by atoms with Gasteiger partial charge in [0, 0.05) is 25.8 Å². The summed E-state index contributed by atoms with van der Waals surface area (Å²) in [4.78, 5) is 13.6. The van der Waals surface area contributed by atoms with Crippen molar-refractivity contribution in [2.75, 3.05) is 50.5 Å². The highest BCUT2D eigenvalue weighted by Gasteiger charge is 2.12. The topological polar surface area (TPSA) is 44.3 Å². The number of rotatable bonds is 6. The van der Waals surface area contributed by atoms with Gasteiger partial charge in [0.05, 0.1) is 0 Å². The van der Waals surface area contributed by atoms with E-state index in [4.69, 9.17) is 0 Å². The monoisotopic (exact) mass is 277 g/mol. The molecule has 20 heavy (non-hydrogen) atoms. The van der Waals surface area contributed by atoms with Crippen molar-refractivity contribution in [2.45, 2.75) is 32.1 Å². The zero-order valence-electron chi connectivity index (χ0n) is 12.8. The fourth-order valence-electron chi connectivity index (χ4n) is 2.48. The van der Waals surface area contributed by atoms with Gasteiger partial charge in [-0.05, 0) is 46.0 Å². The van der Waals surface area contributed by atoms with Crippen LogP contribution < -0.4 is 10.2 Å². The summed E-state index contributed by atoms with van der Waals surface area (Å²) in [7, 11) is 4.20. The Morgan fingerprint density at radius 2 is 1.95 bits per heavy atom. The van der Waals surface area contributed by atoms with Crippen molar-refractivity contribution in [3.05, 3.63) is 12.3 Å². The lowest BCUT2D eigenvalue weighted by atomic mass is 10.2. The van der Waals surface area contributed by atoms with Crippen LogP contribution in [0, 0.1) is 0 Å². The summed E-state index contributed by atoms with van der Waals surface area (Å²) in [5, 5.41) is 3.39. The molecular formula is C15H27N5. The Balaban J connectivity index is 1.86. The van der Waals surface area contributed by atoms with E-state index in [9.17, 15) is 0 Å². The lowest BCUT2D eigenvalue weighted by Gasteiger charge is -2.20. The summed E-state index contributed by atoms with van der Waals surface area (Å²) in [5.74, 6) is 1.82. The Morgan fingerprint density at radius 3 is 2.65 bits per heavy atom. The molecule has 0 saturated carbocycles. The van der Waals surface area contributed by atoms with Crippen LogP contribution >= 0.6 is 0 Å². The van der Waals surface area contributed by atoms with Gasteiger partial charge in [-0.25, -0.2) is 4.98 Å². The van der Waals surface area contributed by atoms with E-state index in [-0.39, 0.29) is 0 Å². The van der Waals surface area contributed by atoms with Crippen molar-refractivity contribution in [2.24, 2.45) is 0 Å². The summed E-state index contributed by atoms with van der Waals surface area (Å²) in [5.41, 5.74) is 0. The van der Waals surface area contributed by atoms with Gasteiger partial charge in [-0.1, -0.05) is 12.8 Å². The molecule has 112 valence electrons. The molecule has 1 aromatic heterocycles. The Morgan fingerprint density at radius 1 is 1.20 bits per heavy atom. The highest BCUT2D eigenvalue weighted by atomic mass is 15.3. The van der Waals surface area contributed by atoms with E-state index >= 15 is 0 Å². The molecule has 1 saturated heterocycles. The van der Waals surface area contributed by atoms with E-state index in [0.29, 0.717) is 0 Å². The van der Waals surface area contributed by atoms with E-state index < -0.39 is 0 Å². The molecule has 0 aromatic carbocycles. The molecule has 0 aliphatic carbocycles. The number of anilines is 2. The van der Waals surface area contributed by atoms with Gasteiger partial charge in [0.25, 0.3) is 0 Å². The van der Waals surface area contributed by atoms with Gasteiger partial charge in [-0.3, -0.25) is 0 Å². The summed E-state index contributed by atoms with van der Waals surface area (Å²) >= 11 is 0. The molecule has 2 heterocycles. The maximum Gasteiger partial charge on any atom is 0.227 e. The van der Waals surface area contributed by atoms with Crippen molar-refractivity contribution in [3.63, 3.8) is 0 Å². The molecule has 1 N–H and O–H groups in total. The smallest absolute Gasteiger partial charge is 0.227 e. The van der Waals surface area contributed by atoms with Crippen LogP contribution in [0.5, 0.6) is 0 Å². The van der Waals surface area contributed by atoms with Gasteiger partial charge in [0.15, 0.2) is 0 Å². The summed E-state index contributed by atoms with van der Waals surface area (Å²) < 4.78 is 0. The summed E-state index contributed by atoms with van der Waals surface area (Å²) in [6.45, 7) is 4.22. The van der Waals surface area contributed by atoms with Gasteiger partial charge >= 0.3 is 0 Å². The standard InChI is InChI=1S/C15H27N5/c1-19(2)11-7-9-16-14-8-10-17-15(18-14)20-12-5-3-4-6-13-20/h8,10H,3-7,9,11-13H2,1-2H3,(H,16,17,18). The molecule has 0 spiro atoms. The largest absolute Gasteiger partial charge is 0.370 e. The van der Waals surface area contributed by atoms with E-state index in [2.05, 4.69) is 39.2 Å². The van der Waals surface area contributed by atoms with E-state index in [0.717, 1.165) is 44.4 Å². The normalized spacial score (nSPS) is 16.2. The number of aromatic nitrogens is 2. The molecular weight excluding hydrogens is 250 g/mol. The number of hydrogen-bond donors (Lipinski definition) is 1. The Hall–Kier alpha value is -1.36. The van der Waals surface area contributed by atoms with E-state index in [1.54, 1.807) is 0 Å². The first kappa shape index (κ1) is 15.0. The predicted molar refractivity (Wildman–Crippen MR) is 84.4 cm³/mol. The second-order valence-corrected chi connectivity index (χ2v) is 5.73. The number of hydrogen-bond acceptors (Lipinski definition) is 5. The first-order valence-corrected chi connectivity index (χ1v) is 7.72. The molecule has 2 rings (SSSR count). The highest BCUT2D eigenvalue weighted by molar-refractivity contribution is 5.41. The van der Waals surface area contributed by atoms with Crippen LogP contribution in [0.15, 0.2) is 12.3 Å². The maximum atomic E-state index is 4.64. The van der Waals surface area contributed by atoms with Gasteiger partial charge < -0.3 is 15.1 Å². The minimum absolute atomic E-state index is 0.879. The molecule has 5 heteroatoms. The van der Waals surface area contributed by atoms with E-state index in [1.807, 2.05) is 12.3 Å². The van der Waals surface area contributed by atoms with Crippen LogP contribution in [0.1, 0.15) is 32.1 Å². The zero-order valence-corrected chi connectivity index (χ0v) is 12.8. The number of nitrogens with one attached hydrogen (secondary N) is 1. The van der Waals surface area contributed by atoms with Gasteiger partial charge in [0.1, 0.15) is 5.82 Å². The fourth-order valence-corrected chi connectivity index (χ4v) is 2.48. The van der Waals surface area contributed by atoms with E-state index in [1.165, 1.54) is 25.7 Å². The Kier molecular flexibility index (Phi) is 6.05. The maximum absolute atomic E-state index is 4.64. The Labute approximate surface area is 122 Å². The van der Waals surface area contributed by atoms with Crippen molar-refractivity contribution >= 4 is 11.8 Å². The van der Waals surface area contributed by atoms with Gasteiger partial charge in [0.2, 0.25) is 5.95 Å². The third-order valence-corrected chi connectivity index (χ3v) is 3.62. The Bertz CT molecular complexity index is 386. The molecule has 0 unspecified atom stereocenters. The summed E-state index contributed by atoms with van der Waals surface area (Å²) in [6, 6.07) is 1.96. The highest BCUT2D eigenvalue weighted by Crippen LogP contribution is 2.16. The molecule has 1 fully saturated rings. The molecule has 0 amide bonds. The summed E-state index contributed by atoms with van der Waals surface area (Å²) in [6.07, 6.45) is 8.16. The molecule has 0 radical (unpaired) electrons. The first-order chi connectivity index (χ1) is 9.75. The SMILES string of the molecule is CN(C)CCCNc1ccnc(N2CCCCCC2)n1. The average molecular weight is 277 g/mol. The van der Waals surface area contributed by atoms with Crippen molar-refractivity contribution < 1.29 is 0 Å². The van der Waals surface area contributed by atoms with Crippen LogP contribution in [0.4, 0.5) is 11.8 Å². The fraction of sp³-hybridized carbons (Fsp3) is 0.733. The lowest BCUT2D eigenvalue weighted by molar-refractivity contribution is 0.405. The molecule has 1 aliphatic heterocycles. The van der Waals surface area contributed by atoms with Gasteiger partial charge in [-0.15, -0.1) is 0 Å². The van der Waals surface area contributed by atoms with Crippen LogP contribution in [0.25, 0.3) is 0 Å². The van der Waals surface area contributed by atoms with Crippen LogP contribution in [-0.4, -0.2) is 55.1 Å². The minimum atomic E-state index is 0.879. The molecule has 5 nitrogen and oxygen atoms in total. The number of nitrogens with zero attached hydrogens (tertiary/aromatic N) is 4. The third-order valence-electron chi connectivity index (χ3n) is 3.62. The second-order valence-electron chi connectivity index (χ2n) is 5.73. The second kappa shape index (κ2) is 8.04. The molecule has 1 aliphatic rings. The average Bonchev–Trinajstić information content (AvgIpc) is 2.73. The molecule has 1 aromatic rings. The minimum Gasteiger partial charge on any atom is -0.370 e. The van der Waals surface area contributed by atoms with Gasteiger partial charge in [-0.2, -0.15) is 4.98 Å². The quantitative estimate of drug-likeness (QED) is 0.808. The predicted octanol–water partition coefficient (Wildman–Crippen LogP) is 2.22. The molecule has 0 bridgehead atoms.